The first-order valence-corrected chi connectivity index (χ1v) is 20.7. The standard InChI is InChI=1S/C45H53FN6O5/c1-26(2)34-21-38(46)27(3)39(37(34)23-47-4)40-35(29-9-10-29)20-36-41(42(40)56-25-28-5-7-30(8-6-28)44(53)51-13-17-55-18-14-51)49-45(57-33-11-15-54-16-12-33)50-43(36)52-24-31-19-32(52)22-48-31/h5-8,20-21,23,26,29,31-33,48H,9-19,22,24-25H2,1-4H3/t31-,32-/m0/s1. The van der Waals surface area contributed by atoms with E-state index >= 15 is 4.39 Å². The number of morpholine rings is 1. The van der Waals surface area contributed by atoms with Crippen LogP contribution in [0, 0.1) is 12.7 Å². The smallest absolute Gasteiger partial charge is 0.319 e. The Kier molecular flexibility index (Phi) is 10.6. The van der Waals surface area contributed by atoms with Gasteiger partial charge in [-0.15, -0.1) is 0 Å². The number of benzene rings is 3. The van der Waals surface area contributed by atoms with Crippen LogP contribution in [0.25, 0.3) is 22.0 Å². The predicted molar refractivity (Wildman–Crippen MR) is 219 cm³/mol. The lowest BCUT2D eigenvalue weighted by atomic mass is 9.83. The topological polar surface area (TPSA) is 111 Å². The van der Waals surface area contributed by atoms with Gasteiger partial charge in [0, 0.05) is 92.0 Å². The zero-order chi connectivity index (χ0) is 39.2. The van der Waals surface area contributed by atoms with Crippen molar-refractivity contribution in [2.45, 2.75) is 89.5 Å². The van der Waals surface area contributed by atoms with Gasteiger partial charge in [0.15, 0.2) is 5.75 Å². The van der Waals surface area contributed by atoms with E-state index in [1.54, 1.807) is 13.1 Å². The van der Waals surface area contributed by atoms with Crippen LogP contribution in [-0.2, 0) is 16.1 Å². The molecule has 4 aliphatic heterocycles. The number of aromatic nitrogens is 2. The molecule has 0 radical (unpaired) electrons. The number of rotatable bonds is 11. The molecular formula is C45H53FN6O5. The van der Waals surface area contributed by atoms with Gasteiger partial charge in [-0.3, -0.25) is 9.79 Å². The highest BCUT2D eigenvalue weighted by Crippen LogP contribution is 2.53. The Balaban J connectivity index is 1.24. The molecule has 5 aliphatic rings. The second-order valence-corrected chi connectivity index (χ2v) is 16.5. The molecule has 4 saturated heterocycles. The molecule has 1 N–H and O–H groups in total. The van der Waals surface area contributed by atoms with Crippen molar-refractivity contribution in [3.63, 3.8) is 0 Å². The number of ether oxygens (including phenoxy) is 4. The highest BCUT2D eigenvalue weighted by Gasteiger charge is 2.41. The average molecular weight is 777 g/mol. The summed E-state index contributed by atoms with van der Waals surface area (Å²) in [4.78, 5) is 32.5. The molecule has 3 aromatic carbocycles. The van der Waals surface area contributed by atoms with E-state index in [2.05, 4.69) is 35.1 Å². The monoisotopic (exact) mass is 776 g/mol. The van der Waals surface area contributed by atoms with Gasteiger partial charge in [-0.05, 0) is 84.5 Å². The molecule has 5 heterocycles. The van der Waals surface area contributed by atoms with Gasteiger partial charge in [0.2, 0.25) is 0 Å². The maximum absolute atomic E-state index is 16.3. The molecule has 12 heteroatoms. The lowest BCUT2D eigenvalue weighted by Gasteiger charge is -2.31. The summed E-state index contributed by atoms with van der Waals surface area (Å²) in [5, 5.41) is 4.56. The van der Waals surface area contributed by atoms with Crippen LogP contribution >= 0.6 is 0 Å². The van der Waals surface area contributed by atoms with E-state index in [0.717, 1.165) is 89.8 Å². The molecule has 1 saturated carbocycles. The van der Waals surface area contributed by atoms with Crippen LogP contribution in [-0.4, -0.2) is 105 Å². The molecule has 0 spiro atoms. The fourth-order valence-electron chi connectivity index (χ4n) is 9.07. The largest absolute Gasteiger partial charge is 0.486 e. The van der Waals surface area contributed by atoms with Crippen LogP contribution in [0.15, 0.2) is 41.4 Å². The Morgan fingerprint density at radius 2 is 1.79 bits per heavy atom. The number of amides is 1. The summed E-state index contributed by atoms with van der Waals surface area (Å²) in [6.45, 7) is 11.5. The van der Waals surface area contributed by atoms with E-state index in [4.69, 9.17) is 28.9 Å². The summed E-state index contributed by atoms with van der Waals surface area (Å²) in [5.74, 6) is 1.50. The van der Waals surface area contributed by atoms with E-state index in [1.807, 2.05) is 42.3 Å². The second-order valence-electron chi connectivity index (χ2n) is 16.5. The number of nitrogens with one attached hydrogen (secondary N) is 1. The number of piperazine rings is 1. The lowest BCUT2D eigenvalue weighted by molar-refractivity contribution is 0.0219. The third kappa shape index (κ3) is 7.47. The van der Waals surface area contributed by atoms with Crippen molar-refractivity contribution in [1.82, 2.24) is 20.2 Å². The van der Waals surface area contributed by atoms with Crippen LogP contribution < -0.4 is 19.7 Å². The quantitative estimate of drug-likeness (QED) is 0.162. The van der Waals surface area contributed by atoms with E-state index in [9.17, 15) is 4.79 Å². The average Bonchev–Trinajstić information content (AvgIpc) is 3.86. The first-order chi connectivity index (χ1) is 27.8. The molecule has 4 aromatic rings. The minimum Gasteiger partial charge on any atom is -0.486 e. The Morgan fingerprint density at radius 1 is 1.04 bits per heavy atom. The highest BCUT2D eigenvalue weighted by molar-refractivity contribution is 6.04. The third-order valence-electron chi connectivity index (χ3n) is 12.3. The summed E-state index contributed by atoms with van der Waals surface area (Å²) in [7, 11) is 1.76. The van der Waals surface area contributed by atoms with E-state index in [-0.39, 0.29) is 36.3 Å². The van der Waals surface area contributed by atoms with Crippen molar-refractivity contribution in [2.75, 3.05) is 64.6 Å². The summed E-state index contributed by atoms with van der Waals surface area (Å²) in [6.07, 6.45) is 6.43. The van der Waals surface area contributed by atoms with Crippen LogP contribution in [0.2, 0.25) is 0 Å². The minimum atomic E-state index is -0.261. The number of fused-ring (bicyclic) bond motifs is 3. The highest BCUT2D eigenvalue weighted by atomic mass is 19.1. The first-order valence-electron chi connectivity index (χ1n) is 20.7. The van der Waals surface area contributed by atoms with Crippen molar-refractivity contribution in [1.29, 1.82) is 0 Å². The molecule has 1 aliphatic carbocycles. The summed E-state index contributed by atoms with van der Waals surface area (Å²) >= 11 is 0. The van der Waals surface area contributed by atoms with Crippen LogP contribution in [0.1, 0.15) is 96.0 Å². The molecule has 2 bridgehead atoms. The zero-order valence-corrected chi connectivity index (χ0v) is 33.5. The number of hydrogen-bond donors (Lipinski definition) is 1. The van der Waals surface area contributed by atoms with Crippen molar-refractivity contribution in [2.24, 2.45) is 4.99 Å². The Bertz CT molecular complexity index is 2180. The van der Waals surface area contributed by atoms with E-state index in [0.29, 0.717) is 80.0 Å². The third-order valence-corrected chi connectivity index (χ3v) is 12.3. The van der Waals surface area contributed by atoms with Gasteiger partial charge >= 0.3 is 6.01 Å². The van der Waals surface area contributed by atoms with E-state index < -0.39 is 0 Å². The fraction of sp³-hybridized carbons (Fsp3) is 0.511. The van der Waals surface area contributed by atoms with Gasteiger partial charge < -0.3 is 34.1 Å². The number of nitrogens with zero attached hydrogens (tertiary/aromatic N) is 5. The first kappa shape index (κ1) is 37.9. The van der Waals surface area contributed by atoms with Crippen molar-refractivity contribution in [3.05, 3.63) is 75.6 Å². The molecule has 2 atom stereocenters. The van der Waals surface area contributed by atoms with Gasteiger partial charge in [0.25, 0.3) is 5.91 Å². The number of hydrogen-bond acceptors (Lipinski definition) is 10. The predicted octanol–water partition coefficient (Wildman–Crippen LogP) is 6.95. The second kappa shape index (κ2) is 15.9. The molecule has 1 amide bonds. The molecule has 11 nitrogen and oxygen atoms in total. The van der Waals surface area contributed by atoms with Gasteiger partial charge in [0.1, 0.15) is 29.9 Å². The molecule has 5 fully saturated rings. The van der Waals surface area contributed by atoms with E-state index in [1.165, 1.54) is 0 Å². The van der Waals surface area contributed by atoms with Crippen LogP contribution in [0.5, 0.6) is 11.8 Å². The van der Waals surface area contributed by atoms with Gasteiger partial charge in [-0.1, -0.05) is 26.0 Å². The SMILES string of the molecule is CN=Cc1c(C(C)C)cc(F)c(C)c1-c1c(C2CC2)cc2c(N3C[C@@H]4C[C@H]3CN4)nc(OC3CCOCC3)nc2c1OCc1ccc(C(=O)N2CCOCC2)cc1. The van der Waals surface area contributed by atoms with Gasteiger partial charge in [-0.2, -0.15) is 9.97 Å². The van der Waals surface area contributed by atoms with Crippen molar-refractivity contribution < 1.29 is 28.1 Å². The van der Waals surface area contributed by atoms with Crippen molar-refractivity contribution in [3.8, 4) is 22.9 Å². The van der Waals surface area contributed by atoms with Crippen molar-refractivity contribution >= 4 is 28.8 Å². The maximum Gasteiger partial charge on any atom is 0.319 e. The number of halogens is 1. The zero-order valence-electron chi connectivity index (χ0n) is 33.5. The lowest BCUT2D eigenvalue weighted by Crippen LogP contribution is -2.44. The Morgan fingerprint density at radius 3 is 2.46 bits per heavy atom. The number of carbonyl (C=O) groups is 1. The number of anilines is 1. The molecule has 300 valence electrons. The number of aliphatic imine (C=N–C) groups is 1. The summed E-state index contributed by atoms with van der Waals surface area (Å²) < 4.78 is 41.1. The Labute approximate surface area is 334 Å². The summed E-state index contributed by atoms with van der Waals surface area (Å²) in [6, 6.07) is 12.6. The molecule has 0 unspecified atom stereocenters. The van der Waals surface area contributed by atoms with Gasteiger partial charge in [-0.25, -0.2) is 4.39 Å². The number of carbonyl (C=O) groups excluding carboxylic acids is 1. The minimum absolute atomic E-state index is 0.00376. The van der Waals surface area contributed by atoms with Gasteiger partial charge in [0.05, 0.1) is 26.4 Å². The normalized spacial score (nSPS) is 21.4. The molecule has 57 heavy (non-hydrogen) atoms. The van der Waals surface area contributed by atoms with Crippen LogP contribution in [0.4, 0.5) is 10.2 Å². The summed E-state index contributed by atoms with van der Waals surface area (Å²) in [5.41, 5.74) is 7.24. The Hall–Kier alpha value is -4.65. The molecule has 1 aromatic heterocycles. The molecular weight excluding hydrogens is 724 g/mol. The maximum atomic E-state index is 16.3. The molecule has 9 rings (SSSR count). The van der Waals surface area contributed by atoms with Crippen LogP contribution in [0.3, 0.4) is 0 Å². The fourth-order valence-corrected chi connectivity index (χ4v) is 9.07.